The number of halogens is 1. The smallest absolute Gasteiger partial charge is 0.123 e. The number of likely N-dealkylation sites (N-methyl/N-ethyl adjacent to an activating group) is 1. The Labute approximate surface area is 121 Å². The molecular weight excluding hydrogens is 253 g/mol. The molecule has 1 aliphatic heterocycles. The molecule has 1 aliphatic rings. The van der Waals surface area contributed by atoms with Crippen molar-refractivity contribution in [2.75, 3.05) is 46.3 Å². The fourth-order valence-electron chi connectivity index (χ4n) is 2.55. The number of nitrogens with zero attached hydrogens (tertiary/aromatic N) is 2. The quantitative estimate of drug-likeness (QED) is 0.802. The van der Waals surface area contributed by atoms with Gasteiger partial charge in [0.1, 0.15) is 5.82 Å². The molecule has 1 fully saturated rings. The van der Waals surface area contributed by atoms with Crippen LogP contribution in [0, 0.1) is 12.7 Å². The van der Waals surface area contributed by atoms with E-state index in [2.05, 4.69) is 22.2 Å². The summed E-state index contributed by atoms with van der Waals surface area (Å²) in [6.07, 6.45) is 1.15. The van der Waals surface area contributed by atoms with Gasteiger partial charge in [-0.25, -0.2) is 4.39 Å². The average molecular weight is 279 g/mol. The van der Waals surface area contributed by atoms with Gasteiger partial charge < -0.3 is 15.1 Å². The summed E-state index contributed by atoms with van der Waals surface area (Å²) in [5.41, 5.74) is 2.21. The Kier molecular flexibility index (Phi) is 5.95. The highest BCUT2D eigenvalue weighted by Crippen LogP contribution is 2.09. The summed E-state index contributed by atoms with van der Waals surface area (Å²) in [6.45, 7) is 9.64. The molecule has 0 amide bonds. The zero-order valence-corrected chi connectivity index (χ0v) is 12.7. The molecule has 0 unspecified atom stereocenters. The van der Waals surface area contributed by atoms with Crippen LogP contribution in [0.2, 0.25) is 0 Å². The lowest BCUT2D eigenvalue weighted by molar-refractivity contribution is 0.152. The van der Waals surface area contributed by atoms with Gasteiger partial charge >= 0.3 is 0 Å². The molecule has 1 N–H and O–H groups in total. The second kappa shape index (κ2) is 7.72. The van der Waals surface area contributed by atoms with Crippen molar-refractivity contribution in [3.63, 3.8) is 0 Å². The molecule has 0 spiro atoms. The molecule has 1 saturated heterocycles. The molecular formula is C16H26FN3. The van der Waals surface area contributed by atoms with Gasteiger partial charge in [0.05, 0.1) is 0 Å². The molecule has 112 valence electrons. The molecule has 0 radical (unpaired) electrons. The first-order valence-electron chi connectivity index (χ1n) is 7.52. The van der Waals surface area contributed by atoms with E-state index in [-0.39, 0.29) is 5.82 Å². The molecule has 0 aliphatic carbocycles. The molecule has 0 saturated carbocycles. The van der Waals surface area contributed by atoms with Crippen molar-refractivity contribution >= 4 is 0 Å². The number of benzene rings is 1. The van der Waals surface area contributed by atoms with Gasteiger partial charge in [-0.1, -0.05) is 6.07 Å². The molecule has 1 aromatic rings. The fraction of sp³-hybridized carbons (Fsp3) is 0.625. The minimum atomic E-state index is -0.148. The van der Waals surface area contributed by atoms with Crippen molar-refractivity contribution in [1.82, 2.24) is 15.1 Å². The zero-order chi connectivity index (χ0) is 14.4. The van der Waals surface area contributed by atoms with Crippen LogP contribution < -0.4 is 5.32 Å². The van der Waals surface area contributed by atoms with E-state index in [1.165, 1.54) is 32.2 Å². The molecule has 4 heteroatoms. The molecule has 0 atom stereocenters. The Bertz CT molecular complexity index is 414. The fourth-order valence-corrected chi connectivity index (χ4v) is 2.55. The maximum atomic E-state index is 13.2. The number of nitrogens with one attached hydrogen (secondary N) is 1. The van der Waals surface area contributed by atoms with Crippen molar-refractivity contribution in [3.8, 4) is 0 Å². The SMILES string of the molecule is Cc1ccc(F)cc1CNCCCN1CCN(C)CC1. The number of hydrogen-bond acceptors (Lipinski definition) is 3. The Balaban J connectivity index is 1.61. The molecule has 1 heterocycles. The lowest BCUT2D eigenvalue weighted by atomic mass is 10.1. The van der Waals surface area contributed by atoms with Gasteiger partial charge in [-0.05, 0) is 56.7 Å². The molecule has 3 nitrogen and oxygen atoms in total. The van der Waals surface area contributed by atoms with Crippen LogP contribution in [-0.2, 0) is 6.54 Å². The van der Waals surface area contributed by atoms with E-state index in [0.29, 0.717) is 0 Å². The summed E-state index contributed by atoms with van der Waals surface area (Å²) >= 11 is 0. The van der Waals surface area contributed by atoms with Crippen LogP contribution in [0.25, 0.3) is 0 Å². The lowest BCUT2D eigenvalue weighted by Gasteiger charge is -2.32. The summed E-state index contributed by atoms with van der Waals surface area (Å²) in [5, 5.41) is 3.41. The molecule has 1 aromatic carbocycles. The van der Waals surface area contributed by atoms with Crippen LogP contribution in [0.1, 0.15) is 17.5 Å². The van der Waals surface area contributed by atoms with Crippen LogP contribution in [0.15, 0.2) is 18.2 Å². The summed E-state index contributed by atoms with van der Waals surface area (Å²) < 4.78 is 13.2. The molecule has 0 aromatic heterocycles. The van der Waals surface area contributed by atoms with E-state index in [4.69, 9.17) is 0 Å². The van der Waals surface area contributed by atoms with Crippen LogP contribution in [0.5, 0.6) is 0 Å². The van der Waals surface area contributed by atoms with Gasteiger partial charge in [-0.3, -0.25) is 0 Å². The number of hydrogen-bond donors (Lipinski definition) is 1. The van der Waals surface area contributed by atoms with Gasteiger partial charge in [0.2, 0.25) is 0 Å². The standard InChI is InChI=1S/C16H26FN3/c1-14-4-5-16(17)12-15(14)13-18-6-3-7-20-10-8-19(2)9-11-20/h4-5,12,18H,3,6-11,13H2,1-2H3. The third-order valence-electron chi connectivity index (χ3n) is 4.05. The average Bonchev–Trinajstić information content (AvgIpc) is 2.44. The Morgan fingerprint density at radius 2 is 1.95 bits per heavy atom. The third-order valence-corrected chi connectivity index (χ3v) is 4.05. The maximum absolute atomic E-state index is 13.2. The summed E-state index contributed by atoms with van der Waals surface area (Å²) in [5.74, 6) is -0.148. The first kappa shape index (κ1) is 15.4. The number of piperazine rings is 1. The normalized spacial score (nSPS) is 17.6. The second-order valence-electron chi connectivity index (χ2n) is 5.75. The first-order valence-corrected chi connectivity index (χ1v) is 7.52. The van der Waals surface area contributed by atoms with Gasteiger partial charge in [-0.15, -0.1) is 0 Å². The number of aryl methyl sites for hydroxylation is 1. The van der Waals surface area contributed by atoms with Gasteiger partial charge in [-0.2, -0.15) is 0 Å². The Hall–Kier alpha value is -0.970. The van der Waals surface area contributed by atoms with Crippen LogP contribution >= 0.6 is 0 Å². The van der Waals surface area contributed by atoms with E-state index >= 15 is 0 Å². The van der Waals surface area contributed by atoms with Crippen LogP contribution in [-0.4, -0.2) is 56.1 Å². The van der Waals surface area contributed by atoms with Gasteiger partial charge in [0.25, 0.3) is 0 Å². The third kappa shape index (κ3) is 4.85. The largest absolute Gasteiger partial charge is 0.313 e. The monoisotopic (exact) mass is 279 g/mol. The highest BCUT2D eigenvalue weighted by Gasteiger charge is 2.12. The van der Waals surface area contributed by atoms with E-state index in [1.54, 1.807) is 6.07 Å². The summed E-state index contributed by atoms with van der Waals surface area (Å²) in [6, 6.07) is 4.99. The first-order chi connectivity index (χ1) is 9.65. The highest BCUT2D eigenvalue weighted by molar-refractivity contribution is 5.26. The molecule has 2 rings (SSSR count). The second-order valence-corrected chi connectivity index (χ2v) is 5.75. The topological polar surface area (TPSA) is 18.5 Å². The predicted molar refractivity (Wildman–Crippen MR) is 81.4 cm³/mol. The van der Waals surface area contributed by atoms with Crippen molar-refractivity contribution < 1.29 is 4.39 Å². The van der Waals surface area contributed by atoms with Gasteiger partial charge in [0.15, 0.2) is 0 Å². The van der Waals surface area contributed by atoms with Crippen molar-refractivity contribution in [2.24, 2.45) is 0 Å². The van der Waals surface area contributed by atoms with E-state index in [1.807, 2.05) is 13.0 Å². The van der Waals surface area contributed by atoms with E-state index < -0.39 is 0 Å². The maximum Gasteiger partial charge on any atom is 0.123 e. The van der Waals surface area contributed by atoms with Gasteiger partial charge in [0, 0.05) is 32.7 Å². The van der Waals surface area contributed by atoms with E-state index in [9.17, 15) is 4.39 Å². The van der Waals surface area contributed by atoms with Crippen LogP contribution in [0.3, 0.4) is 0 Å². The van der Waals surface area contributed by atoms with E-state index in [0.717, 1.165) is 37.2 Å². The van der Waals surface area contributed by atoms with Crippen molar-refractivity contribution in [2.45, 2.75) is 19.9 Å². The lowest BCUT2D eigenvalue weighted by Crippen LogP contribution is -2.45. The molecule has 20 heavy (non-hydrogen) atoms. The highest BCUT2D eigenvalue weighted by atomic mass is 19.1. The predicted octanol–water partition coefficient (Wildman–Crippen LogP) is 1.86. The number of rotatable bonds is 6. The van der Waals surface area contributed by atoms with Crippen molar-refractivity contribution in [1.29, 1.82) is 0 Å². The van der Waals surface area contributed by atoms with Crippen LogP contribution in [0.4, 0.5) is 4.39 Å². The minimum Gasteiger partial charge on any atom is -0.313 e. The minimum absolute atomic E-state index is 0.148. The van der Waals surface area contributed by atoms with Crippen molar-refractivity contribution in [3.05, 3.63) is 35.1 Å². The summed E-state index contributed by atoms with van der Waals surface area (Å²) in [4.78, 5) is 4.90. The molecule has 0 bridgehead atoms. The Morgan fingerprint density at radius 1 is 1.20 bits per heavy atom. The Morgan fingerprint density at radius 3 is 2.70 bits per heavy atom. The summed E-state index contributed by atoms with van der Waals surface area (Å²) in [7, 11) is 2.18. The zero-order valence-electron chi connectivity index (χ0n) is 12.7.